The van der Waals surface area contributed by atoms with Gasteiger partial charge in [-0.2, -0.15) is 5.10 Å². The highest BCUT2D eigenvalue weighted by molar-refractivity contribution is 9.10. The van der Waals surface area contributed by atoms with Crippen molar-refractivity contribution >= 4 is 27.5 Å². The van der Waals surface area contributed by atoms with E-state index in [2.05, 4.69) is 52.3 Å². The molecule has 0 radical (unpaired) electrons. The van der Waals surface area contributed by atoms with Gasteiger partial charge in [0.15, 0.2) is 0 Å². The Hall–Kier alpha value is -0.800. The first-order valence-electron chi connectivity index (χ1n) is 6.53. The standard InChI is InChI=1S/C15H18BrClN2/c1-2-19-11-14(10-18-19)7-13(9-17)6-12-4-3-5-15(16)8-12/h3-5,8,10-11,13H,2,6-7,9H2,1H3. The lowest BCUT2D eigenvalue weighted by Crippen LogP contribution is -2.09. The van der Waals surface area contributed by atoms with E-state index in [4.69, 9.17) is 11.6 Å². The number of nitrogens with zero attached hydrogens (tertiary/aromatic N) is 2. The van der Waals surface area contributed by atoms with Crippen molar-refractivity contribution in [3.63, 3.8) is 0 Å². The number of aromatic nitrogens is 2. The molecule has 0 aliphatic carbocycles. The fourth-order valence-corrected chi connectivity index (χ4v) is 2.86. The molecule has 102 valence electrons. The van der Waals surface area contributed by atoms with Crippen LogP contribution in [0.15, 0.2) is 41.1 Å². The monoisotopic (exact) mass is 340 g/mol. The van der Waals surface area contributed by atoms with Gasteiger partial charge in [0.05, 0.1) is 6.20 Å². The zero-order valence-electron chi connectivity index (χ0n) is 11.0. The molecule has 0 amide bonds. The molecule has 0 bridgehead atoms. The van der Waals surface area contributed by atoms with E-state index < -0.39 is 0 Å². The van der Waals surface area contributed by atoms with E-state index in [0.29, 0.717) is 11.8 Å². The van der Waals surface area contributed by atoms with Crippen LogP contribution >= 0.6 is 27.5 Å². The van der Waals surface area contributed by atoms with Gasteiger partial charge in [0.1, 0.15) is 0 Å². The Morgan fingerprint density at radius 2 is 2.11 bits per heavy atom. The van der Waals surface area contributed by atoms with Gasteiger partial charge in [0, 0.05) is 23.1 Å². The molecule has 2 rings (SSSR count). The largest absolute Gasteiger partial charge is 0.273 e. The molecule has 0 aliphatic heterocycles. The van der Waals surface area contributed by atoms with Gasteiger partial charge in [0.2, 0.25) is 0 Å². The van der Waals surface area contributed by atoms with E-state index in [0.717, 1.165) is 23.9 Å². The Morgan fingerprint density at radius 1 is 1.32 bits per heavy atom. The predicted molar refractivity (Wildman–Crippen MR) is 83.7 cm³/mol. The topological polar surface area (TPSA) is 17.8 Å². The molecule has 0 spiro atoms. The Kier molecular flexibility index (Phi) is 5.46. The highest BCUT2D eigenvalue weighted by atomic mass is 79.9. The van der Waals surface area contributed by atoms with E-state index in [1.54, 1.807) is 0 Å². The number of alkyl halides is 1. The highest BCUT2D eigenvalue weighted by Gasteiger charge is 2.11. The quantitative estimate of drug-likeness (QED) is 0.716. The fourth-order valence-electron chi connectivity index (χ4n) is 2.20. The van der Waals surface area contributed by atoms with E-state index in [9.17, 15) is 0 Å². The van der Waals surface area contributed by atoms with Crippen LogP contribution < -0.4 is 0 Å². The first kappa shape index (κ1) is 14.6. The Balaban J connectivity index is 2.00. The number of rotatable bonds is 6. The second-order valence-electron chi connectivity index (χ2n) is 4.76. The smallest absolute Gasteiger partial charge is 0.0521 e. The molecule has 2 nitrogen and oxygen atoms in total. The van der Waals surface area contributed by atoms with Gasteiger partial charge in [-0.25, -0.2) is 0 Å². The second-order valence-corrected chi connectivity index (χ2v) is 5.99. The van der Waals surface area contributed by atoms with Crippen molar-refractivity contribution in [1.82, 2.24) is 9.78 Å². The molecule has 2 aromatic rings. The SMILES string of the molecule is CCn1cc(CC(CCl)Cc2cccc(Br)c2)cn1. The van der Waals surface area contributed by atoms with Gasteiger partial charge in [-0.1, -0.05) is 28.1 Å². The Morgan fingerprint density at radius 3 is 2.74 bits per heavy atom. The summed E-state index contributed by atoms with van der Waals surface area (Å²) in [5, 5.41) is 4.31. The van der Waals surface area contributed by atoms with Crippen LogP contribution in [0.5, 0.6) is 0 Å². The summed E-state index contributed by atoms with van der Waals surface area (Å²) in [7, 11) is 0. The van der Waals surface area contributed by atoms with Crippen LogP contribution in [0.1, 0.15) is 18.1 Å². The normalized spacial score (nSPS) is 12.6. The number of hydrogen-bond donors (Lipinski definition) is 0. The van der Waals surface area contributed by atoms with Gasteiger partial charge >= 0.3 is 0 Å². The Labute approximate surface area is 127 Å². The second kappa shape index (κ2) is 7.11. The lowest BCUT2D eigenvalue weighted by Gasteiger charge is -2.13. The number of benzene rings is 1. The molecule has 1 aromatic heterocycles. The molecular weight excluding hydrogens is 324 g/mol. The van der Waals surface area contributed by atoms with Crippen LogP contribution in [0.25, 0.3) is 0 Å². The number of hydrogen-bond acceptors (Lipinski definition) is 1. The summed E-state index contributed by atoms with van der Waals surface area (Å²) in [6.07, 6.45) is 6.04. The predicted octanol–water partition coefficient (Wildman–Crippen LogP) is 4.31. The molecular formula is C15H18BrClN2. The minimum atomic E-state index is 0.450. The summed E-state index contributed by atoms with van der Waals surface area (Å²) in [6, 6.07) is 8.43. The maximum absolute atomic E-state index is 6.11. The lowest BCUT2D eigenvalue weighted by molar-refractivity contribution is 0.582. The van der Waals surface area contributed by atoms with Crippen molar-refractivity contribution < 1.29 is 0 Å². The molecule has 19 heavy (non-hydrogen) atoms. The Bertz CT molecular complexity index is 524. The van der Waals surface area contributed by atoms with Gasteiger partial charge < -0.3 is 0 Å². The van der Waals surface area contributed by atoms with Crippen LogP contribution in [0.4, 0.5) is 0 Å². The molecule has 1 heterocycles. The average Bonchev–Trinajstić information content (AvgIpc) is 2.85. The number of aryl methyl sites for hydroxylation is 1. The zero-order chi connectivity index (χ0) is 13.7. The summed E-state index contributed by atoms with van der Waals surface area (Å²) in [4.78, 5) is 0. The zero-order valence-corrected chi connectivity index (χ0v) is 13.4. The molecule has 1 aromatic carbocycles. The van der Waals surface area contributed by atoms with Crippen molar-refractivity contribution in [1.29, 1.82) is 0 Å². The molecule has 0 fully saturated rings. The van der Waals surface area contributed by atoms with Crippen LogP contribution in [-0.4, -0.2) is 15.7 Å². The van der Waals surface area contributed by atoms with Crippen LogP contribution in [0.3, 0.4) is 0 Å². The minimum Gasteiger partial charge on any atom is -0.273 e. The van der Waals surface area contributed by atoms with Gasteiger partial charge in [-0.05, 0) is 48.9 Å². The molecule has 1 atom stereocenters. The first-order chi connectivity index (χ1) is 9.21. The summed E-state index contributed by atoms with van der Waals surface area (Å²) < 4.78 is 3.08. The summed E-state index contributed by atoms with van der Waals surface area (Å²) in [6.45, 7) is 3.01. The van der Waals surface area contributed by atoms with Gasteiger partial charge in [-0.15, -0.1) is 11.6 Å². The van der Waals surface area contributed by atoms with Crippen LogP contribution in [0.2, 0.25) is 0 Å². The third kappa shape index (κ3) is 4.36. The van der Waals surface area contributed by atoms with Gasteiger partial charge in [0.25, 0.3) is 0 Å². The molecule has 0 saturated carbocycles. The van der Waals surface area contributed by atoms with E-state index in [-0.39, 0.29) is 0 Å². The fraction of sp³-hybridized carbons (Fsp3) is 0.400. The van der Waals surface area contributed by atoms with E-state index >= 15 is 0 Å². The molecule has 1 unspecified atom stereocenters. The maximum Gasteiger partial charge on any atom is 0.0521 e. The van der Waals surface area contributed by atoms with Crippen molar-refractivity contribution in [2.24, 2.45) is 5.92 Å². The molecule has 0 N–H and O–H groups in total. The van der Waals surface area contributed by atoms with Crippen LogP contribution in [0, 0.1) is 5.92 Å². The third-order valence-corrected chi connectivity index (χ3v) is 4.10. The van der Waals surface area contributed by atoms with Crippen LogP contribution in [-0.2, 0) is 19.4 Å². The summed E-state index contributed by atoms with van der Waals surface area (Å²) in [5.41, 5.74) is 2.59. The third-order valence-electron chi connectivity index (χ3n) is 3.17. The summed E-state index contributed by atoms with van der Waals surface area (Å²) in [5.74, 6) is 1.12. The van der Waals surface area contributed by atoms with Crippen molar-refractivity contribution in [2.75, 3.05) is 5.88 Å². The average molecular weight is 342 g/mol. The van der Waals surface area contributed by atoms with Crippen molar-refractivity contribution in [3.8, 4) is 0 Å². The maximum atomic E-state index is 6.11. The first-order valence-corrected chi connectivity index (χ1v) is 7.85. The van der Waals surface area contributed by atoms with Crippen molar-refractivity contribution in [3.05, 3.63) is 52.3 Å². The summed E-state index contributed by atoms with van der Waals surface area (Å²) >= 11 is 9.62. The molecule has 0 saturated heterocycles. The van der Waals surface area contributed by atoms with Crippen molar-refractivity contribution in [2.45, 2.75) is 26.3 Å². The van der Waals surface area contributed by atoms with E-state index in [1.165, 1.54) is 11.1 Å². The van der Waals surface area contributed by atoms with Gasteiger partial charge in [-0.3, -0.25) is 4.68 Å². The molecule has 0 aliphatic rings. The lowest BCUT2D eigenvalue weighted by atomic mass is 9.95. The highest BCUT2D eigenvalue weighted by Crippen LogP contribution is 2.19. The minimum absolute atomic E-state index is 0.450. The van der Waals surface area contributed by atoms with E-state index in [1.807, 2.05) is 16.9 Å². The number of halogens is 2. The molecule has 4 heteroatoms.